The molecule has 0 N–H and O–H groups in total. The van der Waals surface area contributed by atoms with Gasteiger partial charge in [0.2, 0.25) is 0 Å². The van der Waals surface area contributed by atoms with E-state index in [1.54, 1.807) is 0 Å². The summed E-state index contributed by atoms with van der Waals surface area (Å²) in [6.07, 6.45) is 38.2. The molecule has 0 saturated heterocycles. The van der Waals surface area contributed by atoms with Crippen molar-refractivity contribution in [2.75, 3.05) is 0 Å². The van der Waals surface area contributed by atoms with E-state index in [-0.39, 0.29) is 0 Å². The minimum atomic E-state index is 0.955. The fourth-order valence-electron chi connectivity index (χ4n) is 5.33. The maximum Gasteiger partial charge on any atom is -0.0414 e. The second-order valence-corrected chi connectivity index (χ2v) is 11.3. The van der Waals surface area contributed by atoms with Crippen molar-refractivity contribution in [2.24, 2.45) is 11.8 Å². The predicted octanol–water partition coefficient (Wildman–Crippen LogP) is 12.4. The number of rotatable bonds is 27. The quantitative estimate of drug-likeness (QED) is 0.109. The van der Waals surface area contributed by atoms with E-state index < -0.39 is 0 Å². The monoisotopic (exact) mass is 451 g/mol. The lowest BCUT2D eigenvalue weighted by molar-refractivity contribution is 0.335. The molecule has 0 bridgehead atoms. The van der Waals surface area contributed by atoms with Gasteiger partial charge in [-0.05, 0) is 11.8 Å². The first-order chi connectivity index (χ1) is 15.7. The first-order valence-corrected chi connectivity index (χ1v) is 15.7. The van der Waals surface area contributed by atoms with E-state index >= 15 is 0 Å². The van der Waals surface area contributed by atoms with E-state index in [0.29, 0.717) is 0 Å². The van der Waals surface area contributed by atoms with E-state index in [0.717, 1.165) is 11.8 Å². The third-order valence-corrected chi connectivity index (χ3v) is 7.80. The minimum Gasteiger partial charge on any atom is -0.0654 e. The Labute approximate surface area is 206 Å². The van der Waals surface area contributed by atoms with Crippen LogP contribution in [0.15, 0.2) is 0 Å². The maximum atomic E-state index is 2.54. The molecule has 0 amide bonds. The van der Waals surface area contributed by atoms with Crippen molar-refractivity contribution in [3.05, 3.63) is 0 Å². The molecule has 0 heterocycles. The first-order valence-electron chi connectivity index (χ1n) is 15.7. The Morgan fingerprint density at radius 2 is 0.625 bits per heavy atom. The highest BCUT2D eigenvalue weighted by Gasteiger charge is 2.11. The molecule has 0 saturated carbocycles. The van der Waals surface area contributed by atoms with Crippen LogP contribution in [0.4, 0.5) is 0 Å². The van der Waals surface area contributed by atoms with E-state index in [9.17, 15) is 0 Å². The summed E-state index contributed by atoms with van der Waals surface area (Å²) in [4.78, 5) is 0. The average molecular weight is 451 g/mol. The van der Waals surface area contributed by atoms with Crippen molar-refractivity contribution >= 4 is 0 Å². The summed E-state index contributed by atoms with van der Waals surface area (Å²) in [7, 11) is 0. The van der Waals surface area contributed by atoms with Gasteiger partial charge in [0.05, 0.1) is 0 Å². The van der Waals surface area contributed by atoms with Gasteiger partial charge in [-0.15, -0.1) is 0 Å². The summed E-state index contributed by atoms with van der Waals surface area (Å²) in [5.41, 5.74) is 0. The third-order valence-electron chi connectivity index (χ3n) is 7.80. The lowest BCUT2D eigenvalue weighted by Gasteiger charge is -2.19. The molecule has 0 aliphatic carbocycles. The van der Waals surface area contributed by atoms with Crippen molar-refractivity contribution in [3.63, 3.8) is 0 Å². The summed E-state index contributed by atoms with van der Waals surface area (Å²) in [6, 6.07) is 0. The zero-order valence-electron chi connectivity index (χ0n) is 23.5. The van der Waals surface area contributed by atoms with E-state index in [4.69, 9.17) is 0 Å². The van der Waals surface area contributed by atoms with Crippen LogP contribution >= 0.6 is 0 Å². The van der Waals surface area contributed by atoms with Crippen molar-refractivity contribution in [1.82, 2.24) is 0 Å². The van der Waals surface area contributed by atoms with Crippen LogP contribution < -0.4 is 0 Å². The second-order valence-electron chi connectivity index (χ2n) is 11.3. The van der Waals surface area contributed by atoms with Gasteiger partial charge < -0.3 is 0 Å². The Kier molecular flexibility index (Phi) is 27.2. The molecule has 32 heavy (non-hydrogen) atoms. The van der Waals surface area contributed by atoms with E-state index in [1.165, 1.54) is 167 Å². The molecule has 0 aliphatic rings. The predicted molar refractivity (Wildman–Crippen MR) is 150 cm³/mol. The molecule has 0 heteroatoms. The lowest BCUT2D eigenvalue weighted by atomic mass is 9.87. The van der Waals surface area contributed by atoms with Gasteiger partial charge in [0, 0.05) is 0 Å². The fraction of sp³-hybridized carbons (Fsp3) is 1.00. The molecular formula is C32H66. The molecule has 0 radical (unpaired) electrons. The van der Waals surface area contributed by atoms with Crippen LogP contribution in [0.3, 0.4) is 0 Å². The molecule has 194 valence electrons. The average Bonchev–Trinajstić information content (AvgIpc) is 2.80. The van der Waals surface area contributed by atoms with E-state index in [1.807, 2.05) is 0 Å². The Morgan fingerprint density at radius 3 is 1.03 bits per heavy atom. The van der Waals surface area contributed by atoms with Gasteiger partial charge in [-0.2, -0.15) is 0 Å². The second kappa shape index (κ2) is 27.2. The van der Waals surface area contributed by atoms with Crippen LogP contribution in [0.2, 0.25) is 0 Å². The van der Waals surface area contributed by atoms with Gasteiger partial charge in [-0.1, -0.05) is 195 Å². The fourth-order valence-corrected chi connectivity index (χ4v) is 5.33. The van der Waals surface area contributed by atoms with Crippen molar-refractivity contribution in [3.8, 4) is 0 Å². The van der Waals surface area contributed by atoms with Crippen LogP contribution in [0, 0.1) is 11.8 Å². The molecular weight excluding hydrogens is 384 g/mol. The summed E-state index contributed by atoms with van der Waals surface area (Å²) in [5, 5.41) is 0. The molecule has 2 unspecified atom stereocenters. The first kappa shape index (κ1) is 32.0. The molecule has 0 nitrogen and oxygen atoms in total. The number of hydrogen-bond acceptors (Lipinski definition) is 0. The lowest BCUT2D eigenvalue weighted by Crippen LogP contribution is -2.05. The molecule has 0 spiro atoms. The van der Waals surface area contributed by atoms with Crippen molar-refractivity contribution in [2.45, 2.75) is 195 Å². The molecule has 0 rings (SSSR count). The summed E-state index contributed by atoms with van der Waals surface area (Å²) < 4.78 is 0. The van der Waals surface area contributed by atoms with Gasteiger partial charge in [0.1, 0.15) is 0 Å². The maximum absolute atomic E-state index is 2.54. The molecule has 0 aromatic rings. The van der Waals surface area contributed by atoms with E-state index in [2.05, 4.69) is 27.7 Å². The highest BCUT2D eigenvalue weighted by Crippen LogP contribution is 2.26. The minimum absolute atomic E-state index is 0.955. The molecule has 2 atom stereocenters. The van der Waals surface area contributed by atoms with Gasteiger partial charge in [0.25, 0.3) is 0 Å². The molecule has 0 aliphatic heterocycles. The normalized spacial score (nSPS) is 13.5. The largest absolute Gasteiger partial charge is 0.0654 e. The number of hydrogen-bond donors (Lipinski definition) is 0. The highest BCUT2D eigenvalue weighted by atomic mass is 14.2. The summed E-state index contributed by atoms with van der Waals surface area (Å²) >= 11 is 0. The van der Waals surface area contributed by atoms with Crippen molar-refractivity contribution < 1.29 is 0 Å². The Bertz CT molecular complexity index is 320. The van der Waals surface area contributed by atoms with Crippen molar-refractivity contribution in [1.29, 1.82) is 0 Å². The zero-order chi connectivity index (χ0) is 23.5. The standard InChI is InChI=1S/C32H66/c1-5-8-11-14-16-17-18-19-20-21-23-26-31(4)29-30-32(27-24-13-10-7-3)28-25-22-15-12-9-6-2/h31-32H,5-30H2,1-4H3. The van der Waals surface area contributed by atoms with Gasteiger partial charge in [-0.3, -0.25) is 0 Å². The Hall–Kier alpha value is 0. The van der Waals surface area contributed by atoms with Crippen LogP contribution in [-0.4, -0.2) is 0 Å². The van der Waals surface area contributed by atoms with Gasteiger partial charge in [-0.25, -0.2) is 0 Å². The van der Waals surface area contributed by atoms with Gasteiger partial charge >= 0.3 is 0 Å². The molecule has 0 aromatic carbocycles. The van der Waals surface area contributed by atoms with Crippen LogP contribution in [0.1, 0.15) is 195 Å². The van der Waals surface area contributed by atoms with Crippen LogP contribution in [0.5, 0.6) is 0 Å². The molecule has 0 fully saturated rings. The Morgan fingerprint density at radius 1 is 0.312 bits per heavy atom. The Balaban J connectivity index is 3.75. The summed E-state index contributed by atoms with van der Waals surface area (Å²) in [6.45, 7) is 9.51. The van der Waals surface area contributed by atoms with Crippen LogP contribution in [0.25, 0.3) is 0 Å². The number of unbranched alkanes of at least 4 members (excludes halogenated alkanes) is 18. The third kappa shape index (κ3) is 24.6. The SMILES string of the molecule is CCCCCCCCCCCCCC(C)CCC(CCCCCC)CCCCCCCC. The van der Waals surface area contributed by atoms with Crippen LogP contribution in [-0.2, 0) is 0 Å². The smallest absolute Gasteiger partial charge is 0.0414 e. The van der Waals surface area contributed by atoms with Gasteiger partial charge in [0.15, 0.2) is 0 Å². The topological polar surface area (TPSA) is 0 Å². The highest BCUT2D eigenvalue weighted by molar-refractivity contribution is 4.64. The summed E-state index contributed by atoms with van der Waals surface area (Å²) in [5.74, 6) is 1.98. The molecule has 0 aromatic heterocycles. The zero-order valence-corrected chi connectivity index (χ0v) is 23.5.